The molecule has 0 aliphatic carbocycles. The molecule has 18 heavy (non-hydrogen) atoms. The van der Waals surface area contributed by atoms with Crippen LogP contribution >= 0.6 is 23.2 Å². The lowest BCUT2D eigenvalue weighted by atomic mass is 10.2. The van der Waals surface area contributed by atoms with Gasteiger partial charge in [-0.3, -0.25) is 4.79 Å². The van der Waals surface area contributed by atoms with Gasteiger partial charge in [-0.2, -0.15) is 0 Å². The highest BCUT2D eigenvalue weighted by molar-refractivity contribution is 6.34. The number of halogens is 2. The molecule has 0 aliphatic heterocycles. The zero-order valence-electron chi connectivity index (χ0n) is 9.44. The van der Waals surface area contributed by atoms with Gasteiger partial charge in [0.05, 0.1) is 19.3 Å². The van der Waals surface area contributed by atoms with E-state index in [2.05, 4.69) is 5.32 Å². The Kier molecular flexibility index (Phi) is 6.15. The Morgan fingerprint density at radius 2 is 2.00 bits per heavy atom. The van der Waals surface area contributed by atoms with E-state index in [9.17, 15) is 4.79 Å². The summed E-state index contributed by atoms with van der Waals surface area (Å²) in [6, 6.07) is 4.24. The van der Waals surface area contributed by atoms with Crippen LogP contribution < -0.4 is 5.32 Å². The Morgan fingerprint density at radius 1 is 1.33 bits per heavy atom. The molecule has 6 heteroatoms. The van der Waals surface area contributed by atoms with Gasteiger partial charge in [-0.05, 0) is 29.8 Å². The lowest BCUT2D eigenvalue weighted by Crippen LogP contribution is -2.39. The van der Waals surface area contributed by atoms with Crippen LogP contribution in [0.15, 0.2) is 24.3 Å². The number of hydrogen-bond donors (Lipinski definition) is 3. The second-order valence-corrected chi connectivity index (χ2v) is 4.41. The first-order chi connectivity index (χ1) is 8.56. The summed E-state index contributed by atoms with van der Waals surface area (Å²) in [6.07, 6.45) is 2.77. The van der Waals surface area contributed by atoms with Crippen molar-refractivity contribution in [2.24, 2.45) is 0 Å². The second-order valence-electron chi connectivity index (χ2n) is 3.57. The number of amides is 1. The van der Waals surface area contributed by atoms with E-state index in [1.165, 1.54) is 12.2 Å². The molecular formula is C12H13Cl2NO3. The third-order valence-corrected chi connectivity index (χ3v) is 2.74. The predicted molar refractivity (Wildman–Crippen MR) is 71.6 cm³/mol. The van der Waals surface area contributed by atoms with E-state index in [1.807, 2.05) is 0 Å². The summed E-state index contributed by atoms with van der Waals surface area (Å²) in [5.41, 5.74) is 0.615. The van der Waals surface area contributed by atoms with Gasteiger partial charge in [0.15, 0.2) is 0 Å². The molecule has 0 fully saturated rings. The molecule has 0 atom stereocenters. The summed E-state index contributed by atoms with van der Waals surface area (Å²) in [6.45, 7) is -0.651. The molecule has 0 radical (unpaired) electrons. The van der Waals surface area contributed by atoms with Gasteiger partial charge < -0.3 is 15.5 Å². The van der Waals surface area contributed by atoms with Crippen LogP contribution in [-0.4, -0.2) is 35.4 Å². The van der Waals surface area contributed by atoms with E-state index >= 15 is 0 Å². The van der Waals surface area contributed by atoms with Crippen LogP contribution in [0.4, 0.5) is 0 Å². The standard InChI is InChI=1S/C12H13Cl2NO3/c13-9-2-3-11(14)8(5-9)1-4-12(18)15-10(6-16)7-17/h1-5,10,16-17H,6-7H2,(H,15,18). The summed E-state index contributed by atoms with van der Waals surface area (Å²) >= 11 is 11.7. The average Bonchev–Trinajstić information content (AvgIpc) is 2.37. The molecule has 1 aromatic carbocycles. The molecule has 3 N–H and O–H groups in total. The zero-order valence-corrected chi connectivity index (χ0v) is 10.9. The Hall–Kier alpha value is -1.07. The molecule has 1 aromatic rings. The molecule has 0 aliphatic rings. The first-order valence-corrected chi connectivity index (χ1v) is 5.97. The Bertz CT molecular complexity index is 445. The van der Waals surface area contributed by atoms with Gasteiger partial charge in [-0.25, -0.2) is 0 Å². The van der Waals surface area contributed by atoms with E-state index in [-0.39, 0.29) is 13.2 Å². The molecule has 0 aromatic heterocycles. The highest BCUT2D eigenvalue weighted by atomic mass is 35.5. The van der Waals surface area contributed by atoms with Crippen molar-refractivity contribution < 1.29 is 15.0 Å². The molecule has 4 nitrogen and oxygen atoms in total. The highest BCUT2D eigenvalue weighted by Crippen LogP contribution is 2.21. The number of benzene rings is 1. The molecule has 0 saturated heterocycles. The van der Waals surface area contributed by atoms with Gasteiger partial charge in [-0.1, -0.05) is 23.2 Å². The Morgan fingerprint density at radius 3 is 2.61 bits per heavy atom. The van der Waals surface area contributed by atoms with Crippen molar-refractivity contribution in [2.75, 3.05) is 13.2 Å². The van der Waals surface area contributed by atoms with E-state index < -0.39 is 11.9 Å². The van der Waals surface area contributed by atoms with Crippen LogP contribution in [0, 0.1) is 0 Å². The number of carbonyl (C=O) groups excluding carboxylic acids is 1. The van der Waals surface area contributed by atoms with Crippen LogP contribution in [0.1, 0.15) is 5.56 Å². The van der Waals surface area contributed by atoms with Crippen molar-refractivity contribution >= 4 is 35.2 Å². The van der Waals surface area contributed by atoms with Crippen molar-refractivity contribution in [2.45, 2.75) is 6.04 Å². The SMILES string of the molecule is O=C(C=Cc1cc(Cl)ccc1Cl)NC(CO)CO. The first kappa shape index (κ1) is 15.0. The van der Waals surface area contributed by atoms with Gasteiger partial charge in [0, 0.05) is 16.1 Å². The van der Waals surface area contributed by atoms with E-state index in [0.717, 1.165) is 0 Å². The molecule has 1 amide bonds. The minimum Gasteiger partial charge on any atom is -0.394 e. The van der Waals surface area contributed by atoms with Crippen LogP contribution in [0.3, 0.4) is 0 Å². The first-order valence-electron chi connectivity index (χ1n) is 5.22. The summed E-state index contributed by atoms with van der Waals surface area (Å²) in [5, 5.41) is 21.0. The molecule has 98 valence electrons. The van der Waals surface area contributed by atoms with Gasteiger partial charge in [0.25, 0.3) is 0 Å². The highest BCUT2D eigenvalue weighted by Gasteiger charge is 2.07. The quantitative estimate of drug-likeness (QED) is 0.719. The van der Waals surface area contributed by atoms with Crippen LogP contribution in [0.2, 0.25) is 10.0 Å². The minimum atomic E-state index is -0.669. The fraction of sp³-hybridized carbons (Fsp3) is 0.250. The molecular weight excluding hydrogens is 277 g/mol. The molecule has 0 saturated carbocycles. The maximum absolute atomic E-state index is 11.4. The van der Waals surface area contributed by atoms with E-state index in [4.69, 9.17) is 33.4 Å². The van der Waals surface area contributed by atoms with Crippen molar-refractivity contribution in [3.8, 4) is 0 Å². The number of hydrogen-bond acceptors (Lipinski definition) is 3. The number of aliphatic hydroxyl groups excluding tert-OH is 2. The van der Waals surface area contributed by atoms with Crippen LogP contribution in [-0.2, 0) is 4.79 Å². The van der Waals surface area contributed by atoms with Gasteiger partial charge >= 0.3 is 0 Å². The summed E-state index contributed by atoms with van der Waals surface area (Å²) in [7, 11) is 0. The smallest absolute Gasteiger partial charge is 0.244 e. The summed E-state index contributed by atoms with van der Waals surface area (Å²) < 4.78 is 0. The maximum atomic E-state index is 11.4. The lowest BCUT2D eigenvalue weighted by Gasteiger charge is -2.11. The van der Waals surface area contributed by atoms with E-state index in [0.29, 0.717) is 15.6 Å². The number of rotatable bonds is 5. The molecule has 0 unspecified atom stereocenters. The fourth-order valence-electron chi connectivity index (χ4n) is 1.21. The monoisotopic (exact) mass is 289 g/mol. The van der Waals surface area contributed by atoms with Crippen molar-refractivity contribution in [3.63, 3.8) is 0 Å². The molecule has 0 bridgehead atoms. The second kappa shape index (κ2) is 7.38. The van der Waals surface area contributed by atoms with Crippen LogP contribution in [0.25, 0.3) is 6.08 Å². The van der Waals surface area contributed by atoms with Gasteiger partial charge in [-0.15, -0.1) is 0 Å². The summed E-state index contributed by atoms with van der Waals surface area (Å²) in [5.74, 6) is -0.431. The average molecular weight is 290 g/mol. The fourth-order valence-corrected chi connectivity index (χ4v) is 1.57. The third-order valence-electron chi connectivity index (χ3n) is 2.16. The van der Waals surface area contributed by atoms with E-state index in [1.54, 1.807) is 18.2 Å². The zero-order chi connectivity index (χ0) is 13.5. The normalized spacial score (nSPS) is 11.2. The molecule has 1 rings (SSSR count). The third kappa shape index (κ3) is 4.66. The number of carbonyl (C=O) groups is 1. The Balaban J connectivity index is 2.68. The maximum Gasteiger partial charge on any atom is 0.244 e. The summed E-state index contributed by atoms with van der Waals surface area (Å²) in [4.78, 5) is 11.4. The predicted octanol–water partition coefficient (Wildman–Crippen LogP) is 1.48. The van der Waals surface area contributed by atoms with Crippen molar-refractivity contribution in [3.05, 3.63) is 39.9 Å². The van der Waals surface area contributed by atoms with Gasteiger partial charge in [0.2, 0.25) is 5.91 Å². The Labute approximate surface area is 115 Å². The molecule has 0 spiro atoms. The molecule has 0 heterocycles. The van der Waals surface area contributed by atoms with Crippen molar-refractivity contribution in [1.82, 2.24) is 5.32 Å². The van der Waals surface area contributed by atoms with Gasteiger partial charge in [0.1, 0.15) is 0 Å². The van der Waals surface area contributed by atoms with Crippen molar-refractivity contribution in [1.29, 1.82) is 0 Å². The lowest BCUT2D eigenvalue weighted by molar-refractivity contribution is -0.117. The minimum absolute atomic E-state index is 0.325. The number of nitrogens with one attached hydrogen (secondary N) is 1. The largest absolute Gasteiger partial charge is 0.394 e. The topological polar surface area (TPSA) is 69.6 Å². The van der Waals surface area contributed by atoms with Crippen LogP contribution in [0.5, 0.6) is 0 Å². The number of aliphatic hydroxyl groups is 2.